The molecule has 0 fully saturated rings. The van der Waals surface area contributed by atoms with Crippen molar-refractivity contribution in [2.45, 2.75) is 20.0 Å². The Morgan fingerprint density at radius 1 is 0.970 bits per heavy atom. The number of rotatable bonds is 4. The van der Waals surface area contributed by atoms with Gasteiger partial charge < -0.3 is 15.2 Å². The summed E-state index contributed by atoms with van der Waals surface area (Å²) in [6.45, 7) is 2.98. The number of fused-ring (bicyclic) bond motifs is 1. The minimum Gasteiger partial charge on any atom is -0.335 e. The largest absolute Gasteiger partial charge is 0.417 e. The summed E-state index contributed by atoms with van der Waals surface area (Å²) in [5, 5.41) is 9.43. The van der Waals surface area contributed by atoms with Crippen molar-refractivity contribution < 1.29 is 27.3 Å². The van der Waals surface area contributed by atoms with E-state index in [0.29, 0.717) is 22.5 Å². The first-order chi connectivity index (χ1) is 15.6. The number of amides is 2. The zero-order chi connectivity index (χ0) is 23.8. The third-order valence-electron chi connectivity index (χ3n) is 4.83. The number of carbonyl (C=O) groups excluding carboxylic acids is 2. The second kappa shape index (κ2) is 8.38. The van der Waals surface area contributed by atoms with Crippen LogP contribution >= 0.6 is 0 Å². The molecule has 2 amide bonds. The fraction of sp³-hybridized carbons (Fsp3) is 0.130. The third-order valence-corrected chi connectivity index (χ3v) is 4.83. The van der Waals surface area contributed by atoms with E-state index < -0.39 is 17.6 Å². The highest BCUT2D eigenvalue weighted by atomic mass is 19.4. The average molecular weight is 454 g/mol. The number of anilines is 2. The molecule has 33 heavy (non-hydrogen) atoms. The summed E-state index contributed by atoms with van der Waals surface area (Å²) >= 11 is 0. The lowest BCUT2D eigenvalue weighted by molar-refractivity contribution is -0.137. The van der Waals surface area contributed by atoms with E-state index in [1.807, 2.05) is 0 Å². The summed E-state index contributed by atoms with van der Waals surface area (Å²) in [7, 11) is 0. The molecule has 2 aromatic heterocycles. The SMILES string of the molecule is CC(=O)Nc1ccc(NC(=O)c2cc(-c3ccccc3C(F)(F)F)nc3onc(C)c23)cc1. The highest BCUT2D eigenvalue weighted by Gasteiger charge is 2.34. The number of aryl methyl sites for hydroxylation is 1. The number of nitrogens with one attached hydrogen (secondary N) is 2. The van der Waals surface area contributed by atoms with E-state index in [4.69, 9.17) is 4.52 Å². The number of halogens is 3. The fourth-order valence-electron chi connectivity index (χ4n) is 3.40. The van der Waals surface area contributed by atoms with Gasteiger partial charge in [-0.3, -0.25) is 9.59 Å². The van der Waals surface area contributed by atoms with Crippen molar-refractivity contribution in [2.24, 2.45) is 0 Å². The topological polar surface area (TPSA) is 97.1 Å². The molecule has 4 aromatic rings. The Kier molecular flexibility index (Phi) is 5.59. The molecule has 0 saturated carbocycles. The van der Waals surface area contributed by atoms with Gasteiger partial charge in [-0.2, -0.15) is 13.2 Å². The lowest BCUT2D eigenvalue weighted by Crippen LogP contribution is -2.14. The molecule has 0 spiro atoms. The van der Waals surface area contributed by atoms with Gasteiger partial charge in [0.15, 0.2) is 0 Å². The van der Waals surface area contributed by atoms with Crippen molar-refractivity contribution in [1.82, 2.24) is 10.1 Å². The first kappa shape index (κ1) is 22.0. The molecular weight excluding hydrogens is 437 g/mol. The van der Waals surface area contributed by atoms with Gasteiger partial charge in [0, 0.05) is 23.9 Å². The van der Waals surface area contributed by atoms with Crippen molar-refractivity contribution in [1.29, 1.82) is 0 Å². The summed E-state index contributed by atoms with van der Waals surface area (Å²) in [5.74, 6) is -0.813. The Morgan fingerprint density at radius 2 is 1.61 bits per heavy atom. The van der Waals surface area contributed by atoms with Crippen LogP contribution < -0.4 is 10.6 Å². The highest BCUT2D eigenvalue weighted by molar-refractivity contribution is 6.13. The number of aromatic nitrogens is 2. The minimum atomic E-state index is -4.61. The summed E-state index contributed by atoms with van der Waals surface area (Å²) in [6, 6.07) is 12.6. The molecule has 10 heteroatoms. The van der Waals surface area contributed by atoms with Crippen molar-refractivity contribution in [3.63, 3.8) is 0 Å². The van der Waals surface area contributed by atoms with Gasteiger partial charge in [0.05, 0.1) is 27.9 Å². The number of hydrogen-bond donors (Lipinski definition) is 2. The van der Waals surface area contributed by atoms with E-state index in [9.17, 15) is 22.8 Å². The Hall–Kier alpha value is -4.21. The van der Waals surface area contributed by atoms with Crippen LogP contribution in [0.15, 0.2) is 59.1 Å². The molecule has 2 N–H and O–H groups in total. The minimum absolute atomic E-state index is 0.0480. The molecule has 168 valence electrons. The van der Waals surface area contributed by atoms with Gasteiger partial charge in [-0.25, -0.2) is 4.98 Å². The van der Waals surface area contributed by atoms with Crippen LogP contribution in [0.5, 0.6) is 0 Å². The summed E-state index contributed by atoms with van der Waals surface area (Å²) < 4.78 is 45.8. The number of alkyl halides is 3. The first-order valence-electron chi connectivity index (χ1n) is 9.76. The second-order valence-corrected chi connectivity index (χ2v) is 7.26. The number of hydrogen-bond acceptors (Lipinski definition) is 5. The molecule has 4 rings (SSSR count). The standard InChI is InChI=1S/C23H17F3N4O3/c1-12-20-17(21(32)28-15-9-7-14(8-10-15)27-13(2)31)11-19(29-22(20)33-30-12)16-5-3-4-6-18(16)23(24,25)26/h3-11H,1-2H3,(H,27,31)(H,28,32). The Labute approximate surface area is 185 Å². The summed E-state index contributed by atoms with van der Waals surface area (Å²) in [6.07, 6.45) is -4.61. The Bertz CT molecular complexity index is 1360. The molecule has 0 radical (unpaired) electrons. The van der Waals surface area contributed by atoms with Crippen LogP contribution in [0.25, 0.3) is 22.4 Å². The maximum atomic E-state index is 13.5. The van der Waals surface area contributed by atoms with Crippen LogP contribution in [0, 0.1) is 6.92 Å². The van der Waals surface area contributed by atoms with Crippen molar-refractivity contribution in [3.05, 3.63) is 71.4 Å². The predicted molar refractivity (Wildman–Crippen MR) is 116 cm³/mol. The Morgan fingerprint density at radius 3 is 2.24 bits per heavy atom. The molecule has 0 atom stereocenters. The van der Waals surface area contributed by atoms with Gasteiger partial charge in [-0.1, -0.05) is 23.4 Å². The third kappa shape index (κ3) is 4.54. The van der Waals surface area contributed by atoms with Crippen molar-refractivity contribution >= 4 is 34.3 Å². The number of pyridine rings is 1. The Balaban J connectivity index is 1.76. The number of nitrogens with zero attached hydrogens (tertiary/aromatic N) is 2. The first-order valence-corrected chi connectivity index (χ1v) is 9.76. The van der Waals surface area contributed by atoms with E-state index in [-0.39, 0.29) is 28.4 Å². The lowest BCUT2D eigenvalue weighted by atomic mass is 10.0. The van der Waals surface area contributed by atoms with Crippen LogP contribution in [0.2, 0.25) is 0 Å². The fourth-order valence-corrected chi connectivity index (χ4v) is 3.40. The summed E-state index contributed by atoms with van der Waals surface area (Å²) in [5.41, 5.74) is 0.225. The molecule has 7 nitrogen and oxygen atoms in total. The maximum Gasteiger partial charge on any atom is 0.417 e. The number of carbonyl (C=O) groups is 2. The smallest absolute Gasteiger partial charge is 0.335 e. The van der Waals surface area contributed by atoms with Gasteiger partial charge in [0.1, 0.15) is 0 Å². The van der Waals surface area contributed by atoms with E-state index in [1.165, 1.54) is 31.2 Å². The molecule has 0 aliphatic heterocycles. The normalized spacial score (nSPS) is 11.4. The zero-order valence-electron chi connectivity index (χ0n) is 17.4. The quantitative estimate of drug-likeness (QED) is 0.429. The molecule has 2 aromatic carbocycles. The molecule has 0 saturated heterocycles. The van der Waals surface area contributed by atoms with Crippen LogP contribution in [-0.4, -0.2) is 22.0 Å². The highest BCUT2D eigenvalue weighted by Crippen LogP contribution is 2.37. The monoisotopic (exact) mass is 454 g/mol. The van der Waals surface area contributed by atoms with Crippen LogP contribution in [0.1, 0.15) is 28.5 Å². The van der Waals surface area contributed by atoms with E-state index >= 15 is 0 Å². The predicted octanol–water partition coefficient (Wildman–Crippen LogP) is 5.43. The van der Waals surface area contributed by atoms with Crippen LogP contribution in [0.3, 0.4) is 0 Å². The molecule has 2 heterocycles. The van der Waals surface area contributed by atoms with Crippen molar-refractivity contribution in [3.8, 4) is 11.3 Å². The molecule has 0 aliphatic carbocycles. The molecular formula is C23H17F3N4O3. The molecule has 0 bridgehead atoms. The van der Waals surface area contributed by atoms with Gasteiger partial charge in [-0.15, -0.1) is 0 Å². The van der Waals surface area contributed by atoms with Gasteiger partial charge in [0.25, 0.3) is 11.6 Å². The number of benzene rings is 2. The van der Waals surface area contributed by atoms with E-state index in [2.05, 4.69) is 20.8 Å². The van der Waals surface area contributed by atoms with E-state index in [1.54, 1.807) is 31.2 Å². The summed E-state index contributed by atoms with van der Waals surface area (Å²) in [4.78, 5) is 28.4. The molecule has 0 aliphatic rings. The van der Waals surface area contributed by atoms with Gasteiger partial charge in [0.2, 0.25) is 5.91 Å². The van der Waals surface area contributed by atoms with Gasteiger partial charge in [-0.05, 0) is 43.3 Å². The maximum absolute atomic E-state index is 13.5. The van der Waals surface area contributed by atoms with Crippen LogP contribution in [0.4, 0.5) is 24.5 Å². The van der Waals surface area contributed by atoms with Crippen LogP contribution in [-0.2, 0) is 11.0 Å². The molecule has 0 unspecified atom stereocenters. The lowest BCUT2D eigenvalue weighted by Gasteiger charge is -2.13. The van der Waals surface area contributed by atoms with Crippen molar-refractivity contribution in [2.75, 3.05) is 10.6 Å². The zero-order valence-corrected chi connectivity index (χ0v) is 17.4. The average Bonchev–Trinajstić information content (AvgIpc) is 3.14. The van der Waals surface area contributed by atoms with Gasteiger partial charge >= 0.3 is 6.18 Å². The van der Waals surface area contributed by atoms with E-state index in [0.717, 1.165) is 6.07 Å². The second-order valence-electron chi connectivity index (χ2n) is 7.26.